The van der Waals surface area contributed by atoms with Crippen LogP contribution in [0.15, 0.2) is 18.2 Å². The summed E-state index contributed by atoms with van der Waals surface area (Å²) < 4.78 is 13.2. The predicted octanol–water partition coefficient (Wildman–Crippen LogP) is 2.87. The highest BCUT2D eigenvalue weighted by molar-refractivity contribution is 6.31. The first kappa shape index (κ1) is 12.8. The third-order valence-corrected chi connectivity index (χ3v) is 3.74. The van der Waals surface area contributed by atoms with Crippen molar-refractivity contribution in [3.8, 4) is 0 Å². The van der Waals surface area contributed by atoms with Crippen molar-refractivity contribution in [2.24, 2.45) is 0 Å². The zero-order valence-electron chi connectivity index (χ0n) is 9.63. The van der Waals surface area contributed by atoms with Crippen molar-refractivity contribution in [1.29, 1.82) is 0 Å². The number of rotatable bonds is 3. The number of hydrogen-bond acceptors (Lipinski definition) is 2. The van der Waals surface area contributed by atoms with E-state index in [-0.39, 0.29) is 17.2 Å². The van der Waals surface area contributed by atoms with Crippen molar-refractivity contribution in [3.63, 3.8) is 0 Å². The molecule has 1 fully saturated rings. The van der Waals surface area contributed by atoms with E-state index < -0.39 is 5.82 Å². The first-order valence-electron chi connectivity index (χ1n) is 6.03. The summed E-state index contributed by atoms with van der Waals surface area (Å²) in [6.07, 6.45) is 3.73. The van der Waals surface area contributed by atoms with E-state index in [9.17, 15) is 9.50 Å². The maximum Gasteiger partial charge on any atom is 0.142 e. The first-order chi connectivity index (χ1) is 8.18. The van der Waals surface area contributed by atoms with E-state index in [2.05, 4.69) is 5.32 Å². The molecule has 0 saturated heterocycles. The van der Waals surface area contributed by atoms with E-state index >= 15 is 0 Å². The van der Waals surface area contributed by atoms with Gasteiger partial charge in [0.15, 0.2) is 0 Å². The van der Waals surface area contributed by atoms with Crippen molar-refractivity contribution in [2.45, 2.75) is 44.4 Å². The van der Waals surface area contributed by atoms with Gasteiger partial charge >= 0.3 is 0 Å². The highest BCUT2D eigenvalue weighted by Crippen LogP contribution is 2.22. The minimum Gasteiger partial charge on any atom is -0.392 e. The van der Waals surface area contributed by atoms with Gasteiger partial charge in [-0.05, 0) is 24.5 Å². The number of hydrogen-bond donors (Lipinski definition) is 2. The molecule has 1 aromatic carbocycles. The van der Waals surface area contributed by atoms with Gasteiger partial charge in [-0.2, -0.15) is 0 Å². The molecule has 1 aromatic rings. The zero-order chi connectivity index (χ0) is 12.3. The second-order valence-corrected chi connectivity index (χ2v) is 4.93. The van der Waals surface area contributed by atoms with Gasteiger partial charge in [0.25, 0.3) is 0 Å². The number of nitrogens with one attached hydrogen (secondary N) is 1. The van der Waals surface area contributed by atoms with Crippen LogP contribution in [0.5, 0.6) is 0 Å². The third-order valence-electron chi connectivity index (χ3n) is 3.32. The highest BCUT2D eigenvalue weighted by atomic mass is 35.5. The Hall–Kier alpha value is -0.640. The summed E-state index contributed by atoms with van der Waals surface area (Å²) in [7, 11) is 0. The molecule has 2 atom stereocenters. The van der Waals surface area contributed by atoms with Gasteiger partial charge in [0, 0.05) is 12.6 Å². The molecule has 0 aliphatic heterocycles. The van der Waals surface area contributed by atoms with E-state index in [1.54, 1.807) is 12.1 Å². The van der Waals surface area contributed by atoms with Gasteiger partial charge < -0.3 is 10.4 Å². The molecule has 1 aliphatic rings. The largest absolute Gasteiger partial charge is 0.392 e. The van der Waals surface area contributed by atoms with Crippen molar-refractivity contribution in [3.05, 3.63) is 34.6 Å². The molecule has 0 amide bonds. The van der Waals surface area contributed by atoms with E-state index in [0.29, 0.717) is 6.54 Å². The lowest BCUT2D eigenvalue weighted by atomic mass is 9.92. The van der Waals surface area contributed by atoms with Gasteiger partial charge in [0.2, 0.25) is 0 Å². The average Bonchev–Trinajstić information content (AvgIpc) is 2.33. The summed E-state index contributed by atoms with van der Waals surface area (Å²) in [5.41, 5.74) is 0.740. The fourth-order valence-corrected chi connectivity index (χ4v) is 2.47. The normalized spacial score (nSPS) is 24.9. The van der Waals surface area contributed by atoms with Crippen molar-refractivity contribution < 1.29 is 9.50 Å². The molecule has 2 N–H and O–H groups in total. The van der Waals surface area contributed by atoms with Gasteiger partial charge in [-0.25, -0.2) is 4.39 Å². The quantitative estimate of drug-likeness (QED) is 0.873. The fourth-order valence-electron chi connectivity index (χ4n) is 2.28. The maximum atomic E-state index is 13.2. The number of benzene rings is 1. The Balaban J connectivity index is 1.95. The zero-order valence-corrected chi connectivity index (χ0v) is 10.4. The molecule has 4 heteroatoms. The van der Waals surface area contributed by atoms with Gasteiger partial charge in [-0.3, -0.25) is 0 Å². The molecule has 94 valence electrons. The van der Waals surface area contributed by atoms with Gasteiger partial charge in [-0.15, -0.1) is 0 Å². The molecular formula is C13H17ClFNO. The lowest BCUT2D eigenvalue weighted by Gasteiger charge is -2.28. The Kier molecular flexibility index (Phi) is 4.37. The molecule has 17 heavy (non-hydrogen) atoms. The van der Waals surface area contributed by atoms with Crippen LogP contribution in [0.25, 0.3) is 0 Å². The summed E-state index contributed by atoms with van der Waals surface area (Å²) in [6, 6.07) is 4.90. The molecule has 0 aromatic heterocycles. The van der Waals surface area contributed by atoms with Crippen LogP contribution in [0, 0.1) is 5.82 Å². The molecule has 1 aliphatic carbocycles. The number of halogens is 2. The Morgan fingerprint density at radius 1 is 1.35 bits per heavy atom. The van der Waals surface area contributed by atoms with Crippen LogP contribution in [-0.2, 0) is 6.54 Å². The van der Waals surface area contributed by atoms with Gasteiger partial charge in [-0.1, -0.05) is 36.6 Å². The van der Waals surface area contributed by atoms with Crippen LogP contribution in [0.2, 0.25) is 5.02 Å². The smallest absolute Gasteiger partial charge is 0.142 e. The summed E-state index contributed by atoms with van der Waals surface area (Å²) in [4.78, 5) is 0. The predicted molar refractivity (Wildman–Crippen MR) is 66.5 cm³/mol. The summed E-state index contributed by atoms with van der Waals surface area (Å²) in [6.45, 7) is 0.498. The molecule has 2 unspecified atom stereocenters. The van der Waals surface area contributed by atoms with E-state index in [1.807, 2.05) is 0 Å². The molecule has 2 rings (SSSR count). The van der Waals surface area contributed by atoms with Crippen LogP contribution in [0.4, 0.5) is 4.39 Å². The standard InChI is InChI=1S/C13H17ClFNO/c14-13-9(4-3-5-10(13)15)8-16-11-6-1-2-7-12(11)17/h3-5,11-12,16-17H,1-2,6-8H2. The molecule has 0 heterocycles. The molecule has 0 bridgehead atoms. The SMILES string of the molecule is OC1CCCCC1NCc1cccc(F)c1Cl. The van der Waals surface area contributed by atoms with Crippen molar-refractivity contribution in [2.75, 3.05) is 0 Å². The van der Waals surface area contributed by atoms with Crippen molar-refractivity contribution >= 4 is 11.6 Å². The third kappa shape index (κ3) is 3.18. The monoisotopic (exact) mass is 257 g/mol. The molecule has 0 spiro atoms. The van der Waals surface area contributed by atoms with Crippen LogP contribution >= 0.6 is 11.6 Å². The van der Waals surface area contributed by atoms with Gasteiger partial charge in [0.05, 0.1) is 11.1 Å². The minimum absolute atomic E-state index is 0.100. The fraction of sp³-hybridized carbons (Fsp3) is 0.538. The lowest BCUT2D eigenvalue weighted by molar-refractivity contribution is 0.0902. The second kappa shape index (κ2) is 5.80. The number of aliphatic hydroxyl groups is 1. The summed E-state index contributed by atoms with van der Waals surface area (Å²) in [5.74, 6) is -0.393. The van der Waals surface area contributed by atoms with E-state index in [0.717, 1.165) is 31.2 Å². The number of aliphatic hydroxyl groups excluding tert-OH is 1. The summed E-state index contributed by atoms with van der Waals surface area (Å²) >= 11 is 5.87. The highest BCUT2D eigenvalue weighted by Gasteiger charge is 2.22. The Morgan fingerprint density at radius 3 is 2.88 bits per heavy atom. The lowest BCUT2D eigenvalue weighted by Crippen LogP contribution is -2.41. The van der Waals surface area contributed by atoms with Crippen LogP contribution in [-0.4, -0.2) is 17.3 Å². The van der Waals surface area contributed by atoms with Crippen LogP contribution in [0.3, 0.4) is 0 Å². The Labute approximate surface area is 106 Å². The maximum absolute atomic E-state index is 13.2. The molecule has 2 nitrogen and oxygen atoms in total. The first-order valence-corrected chi connectivity index (χ1v) is 6.40. The Bertz CT molecular complexity index is 386. The van der Waals surface area contributed by atoms with Crippen molar-refractivity contribution in [1.82, 2.24) is 5.32 Å². The van der Waals surface area contributed by atoms with E-state index in [1.165, 1.54) is 6.07 Å². The molecule has 0 radical (unpaired) electrons. The second-order valence-electron chi connectivity index (χ2n) is 4.55. The average molecular weight is 258 g/mol. The molecular weight excluding hydrogens is 241 g/mol. The molecule has 1 saturated carbocycles. The summed E-state index contributed by atoms with van der Waals surface area (Å²) in [5, 5.41) is 13.2. The van der Waals surface area contributed by atoms with Crippen LogP contribution < -0.4 is 5.32 Å². The van der Waals surface area contributed by atoms with Crippen LogP contribution in [0.1, 0.15) is 31.2 Å². The van der Waals surface area contributed by atoms with E-state index in [4.69, 9.17) is 11.6 Å². The topological polar surface area (TPSA) is 32.3 Å². The minimum atomic E-state index is -0.393. The Morgan fingerprint density at radius 2 is 2.12 bits per heavy atom. The van der Waals surface area contributed by atoms with Gasteiger partial charge in [0.1, 0.15) is 5.82 Å².